The van der Waals surface area contributed by atoms with E-state index in [1.807, 2.05) is 12.3 Å². The first kappa shape index (κ1) is 18.3. The molecule has 152 valence electrons. The van der Waals surface area contributed by atoms with E-state index < -0.39 is 0 Å². The van der Waals surface area contributed by atoms with Crippen molar-refractivity contribution in [2.45, 2.75) is 13.0 Å². The maximum atomic E-state index is 12.7. The lowest BCUT2D eigenvalue weighted by molar-refractivity contribution is 0.355. The Morgan fingerprint density at radius 2 is 1.90 bits per heavy atom. The molecule has 0 spiro atoms. The molecule has 0 amide bonds. The Labute approximate surface area is 173 Å². The first-order valence-corrected chi connectivity index (χ1v) is 9.83. The summed E-state index contributed by atoms with van der Waals surface area (Å²) < 4.78 is 10.7. The van der Waals surface area contributed by atoms with E-state index in [0.717, 1.165) is 18.7 Å². The normalized spacial score (nSPS) is 13.3. The van der Waals surface area contributed by atoms with E-state index in [4.69, 9.17) is 14.5 Å². The van der Waals surface area contributed by atoms with Crippen LogP contribution < -0.4 is 19.9 Å². The molecule has 7 heteroatoms. The highest BCUT2D eigenvalue weighted by Gasteiger charge is 2.22. The summed E-state index contributed by atoms with van der Waals surface area (Å²) in [4.78, 5) is 25.8. The number of rotatable bonds is 4. The second-order valence-electron chi connectivity index (χ2n) is 7.31. The number of aromatic nitrogens is 3. The number of hydrogen-bond donors (Lipinski definition) is 2. The Morgan fingerprint density at radius 1 is 1.07 bits per heavy atom. The van der Waals surface area contributed by atoms with Crippen LogP contribution in [0.2, 0.25) is 0 Å². The molecule has 3 heterocycles. The van der Waals surface area contributed by atoms with Gasteiger partial charge in [-0.3, -0.25) is 9.78 Å². The molecule has 5 rings (SSSR count). The molecule has 4 aromatic rings. The first-order valence-electron chi connectivity index (χ1n) is 9.83. The molecule has 0 fully saturated rings. The van der Waals surface area contributed by atoms with Gasteiger partial charge in [-0.05, 0) is 35.7 Å². The summed E-state index contributed by atoms with van der Waals surface area (Å²) in [5, 5.41) is 0.475. The standard InChI is InChI=1S/C23H22N4O3/c1-29-20-11-17-19(12-21(20)30-2)25-23(26-22(17)28)27-10-8-15-14(13-27)5-3-6-16(15)18-7-4-9-24-18/h3-7,9,11-12,24H,8,10,13H2,1-2H3,(H,25,26,28). The molecule has 30 heavy (non-hydrogen) atoms. The third-order valence-corrected chi connectivity index (χ3v) is 5.65. The summed E-state index contributed by atoms with van der Waals surface area (Å²) >= 11 is 0. The van der Waals surface area contributed by atoms with E-state index in [9.17, 15) is 4.79 Å². The van der Waals surface area contributed by atoms with Gasteiger partial charge >= 0.3 is 0 Å². The fourth-order valence-corrected chi connectivity index (χ4v) is 4.14. The van der Waals surface area contributed by atoms with Crippen LogP contribution in [-0.4, -0.2) is 35.7 Å². The number of nitrogens with one attached hydrogen (secondary N) is 2. The number of H-pyrrole nitrogens is 2. The van der Waals surface area contributed by atoms with Crippen molar-refractivity contribution in [2.75, 3.05) is 25.7 Å². The van der Waals surface area contributed by atoms with Crippen molar-refractivity contribution >= 4 is 16.9 Å². The third kappa shape index (κ3) is 2.99. The molecule has 0 radical (unpaired) electrons. The number of anilines is 1. The van der Waals surface area contributed by atoms with Gasteiger partial charge in [0.1, 0.15) is 0 Å². The van der Waals surface area contributed by atoms with Gasteiger partial charge in [0.2, 0.25) is 5.95 Å². The summed E-state index contributed by atoms with van der Waals surface area (Å²) in [6.45, 7) is 1.46. The first-order chi connectivity index (χ1) is 14.7. The van der Waals surface area contributed by atoms with Crippen LogP contribution in [-0.2, 0) is 13.0 Å². The van der Waals surface area contributed by atoms with E-state index in [1.54, 1.807) is 26.4 Å². The molecule has 0 saturated heterocycles. The number of hydrogen-bond acceptors (Lipinski definition) is 5. The number of fused-ring (bicyclic) bond motifs is 2. The van der Waals surface area contributed by atoms with Crippen LogP contribution >= 0.6 is 0 Å². The van der Waals surface area contributed by atoms with Crippen molar-refractivity contribution in [2.24, 2.45) is 0 Å². The Kier molecular flexibility index (Phi) is 4.43. The zero-order valence-electron chi connectivity index (χ0n) is 16.9. The quantitative estimate of drug-likeness (QED) is 0.546. The van der Waals surface area contributed by atoms with Crippen LogP contribution in [0.4, 0.5) is 5.95 Å². The maximum absolute atomic E-state index is 12.7. The van der Waals surface area contributed by atoms with Crippen molar-refractivity contribution in [3.05, 3.63) is 70.1 Å². The lowest BCUT2D eigenvalue weighted by Crippen LogP contribution is -2.33. The average Bonchev–Trinajstić information content (AvgIpc) is 3.32. The van der Waals surface area contributed by atoms with E-state index in [1.165, 1.54) is 16.7 Å². The molecule has 1 aliphatic heterocycles. The molecule has 2 aromatic carbocycles. The van der Waals surface area contributed by atoms with Gasteiger partial charge in [-0.25, -0.2) is 4.98 Å². The van der Waals surface area contributed by atoms with Crippen LogP contribution in [0.15, 0.2) is 53.5 Å². The summed E-state index contributed by atoms with van der Waals surface area (Å²) in [7, 11) is 3.12. The fourth-order valence-electron chi connectivity index (χ4n) is 4.14. The van der Waals surface area contributed by atoms with Crippen molar-refractivity contribution in [1.82, 2.24) is 15.0 Å². The van der Waals surface area contributed by atoms with Gasteiger partial charge in [-0.2, -0.15) is 0 Å². The molecule has 2 aromatic heterocycles. The van der Waals surface area contributed by atoms with Gasteiger partial charge in [0.05, 0.1) is 25.1 Å². The average molecular weight is 402 g/mol. The summed E-state index contributed by atoms with van der Waals surface area (Å²) in [5.74, 6) is 1.62. The zero-order valence-corrected chi connectivity index (χ0v) is 16.9. The monoisotopic (exact) mass is 402 g/mol. The van der Waals surface area contributed by atoms with E-state index in [0.29, 0.717) is 34.9 Å². The lowest BCUT2D eigenvalue weighted by Gasteiger charge is -2.30. The minimum absolute atomic E-state index is 0.193. The third-order valence-electron chi connectivity index (χ3n) is 5.65. The van der Waals surface area contributed by atoms with Gasteiger partial charge in [-0.1, -0.05) is 18.2 Å². The Morgan fingerprint density at radius 3 is 2.67 bits per heavy atom. The molecule has 1 aliphatic rings. The second kappa shape index (κ2) is 7.26. The van der Waals surface area contributed by atoms with Crippen LogP contribution in [0.3, 0.4) is 0 Å². The summed E-state index contributed by atoms with van der Waals surface area (Å²) in [5.41, 5.74) is 5.32. The largest absolute Gasteiger partial charge is 0.493 e. The van der Waals surface area contributed by atoms with Crippen molar-refractivity contribution in [1.29, 1.82) is 0 Å². The Bertz CT molecular complexity index is 1280. The van der Waals surface area contributed by atoms with Crippen LogP contribution in [0, 0.1) is 0 Å². The Hall–Kier alpha value is -3.74. The molecule has 0 bridgehead atoms. The molecular weight excluding hydrogens is 380 g/mol. The SMILES string of the molecule is COc1cc2nc(N3CCc4c(cccc4-c4ccc[nH]4)C3)[nH]c(=O)c2cc1OC. The van der Waals surface area contributed by atoms with Gasteiger partial charge in [0, 0.05) is 36.6 Å². The number of methoxy groups -OCH3 is 2. The smallest absolute Gasteiger partial charge is 0.260 e. The zero-order chi connectivity index (χ0) is 20.7. The molecule has 0 saturated carbocycles. The molecule has 0 atom stereocenters. The van der Waals surface area contributed by atoms with Gasteiger partial charge < -0.3 is 19.4 Å². The molecule has 0 unspecified atom stereocenters. The van der Waals surface area contributed by atoms with Gasteiger partial charge in [0.15, 0.2) is 11.5 Å². The molecule has 7 nitrogen and oxygen atoms in total. The number of benzene rings is 2. The van der Waals surface area contributed by atoms with Crippen LogP contribution in [0.1, 0.15) is 11.1 Å². The van der Waals surface area contributed by atoms with E-state index >= 15 is 0 Å². The highest BCUT2D eigenvalue weighted by atomic mass is 16.5. The predicted octanol–water partition coefficient (Wildman–Crippen LogP) is 3.50. The number of aromatic amines is 2. The second-order valence-corrected chi connectivity index (χ2v) is 7.31. The van der Waals surface area contributed by atoms with Crippen molar-refractivity contribution in [3.8, 4) is 22.8 Å². The van der Waals surface area contributed by atoms with Crippen molar-refractivity contribution in [3.63, 3.8) is 0 Å². The minimum Gasteiger partial charge on any atom is -0.493 e. The number of ether oxygens (including phenoxy) is 2. The topological polar surface area (TPSA) is 83.2 Å². The fraction of sp³-hybridized carbons (Fsp3) is 0.217. The molecule has 2 N–H and O–H groups in total. The maximum Gasteiger partial charge on any atom is 0.260 e. The van der Waals surface area contributed by atoms with Gasteiger partial charge in [0.25, 0.3) is 5.56 Å². The van der Waals surface area contributed by atoms with E-state index in [2.05, 4.69) is 39.1 Å². The highest BCUT2D eigenvalue weighted by Crippen LogP contribution is 2.32. The molecular formula is C23H22N4O3. The van der Waals surface area contributed by atoms with Crippen LogP contribution in [0.5, 0.6) is 11.5 Å². The minimum atomic E-state index is -0.193. The van der Waals surface area contributed by atoms with E-state index in [-0.39, 0.29) is 5.56 Å². The van der Waals surface area contributed by atoms with Gasteiger partial charge in [-0.15, -0.1) is 0 Å². The highest BCUT2D eigenvalue weighted by molar-refractivity contribution is 5.82. The summed E-state index contributed by atoms with van der Waals surface area (Å²) in [6, 6.07) is 13.9. The van der Waals surface area contributed by atoms with Crippen molar-refractivity contribution < 1.29 is 9.47 Å². The number of nitrogens with zero attached hydrogens (tertiary/aromatic N) is 2. The lowest BCUT2D eigenvalue weighted by atomic mass is 9.93. The summed E-state index contributed by atoms with van der Waals surface area (Å²) in [6.07, 6.45) is 2.81. The predicted molar refractivity (Wildman–Crippen MR) is 116 cm³/mol. The van der Waals surface area contributed by atoms with Crippen LogP contribution in [0.25, 0.3) is 22.2 Å². The molecule has 0 aliphatic carbocycles. The Balaban J connectivity index is 1.53.